The van der Waals surface area contributed by atoms with Gasteiger partial charge in [0, 0.05) is 12.6 Å². The lowest BCUT2D eigenvalue weighted by atomic mass is 10.2. The molecule has 1 fully saturated rings. The zero-order chi connectivity index (χ0) is 13.5. The third-order valence-corrected chi connectivity index (χ3v) is 3.19. The number of aliphatic hydroxyl groups is 1. The van der Waals surface area contributed by atoms with Crippen molar-refractivity contribution in [1.29, 1.82) is 0 Å². The van der Waals surface area contributed by atoms with Gasteiger partial charge in [-0.3, -0.25) is 4.90 Å². The molecule has 0 aromatic heterocycles. The van der Waals surface area contributed by atoms with Crippen molar-refractivity contribution in [2.24, 2.45) is 0 Å². The van der Waals surface area contributed by atoms with Crippen molar-refractivity contribution in [2.45, 2.75) is 31.8 Å². The fourth-order valence-electron chi connectivity index (χ4n) is 2.15. The number of urea groups is 1. The number of nitrogens with one attached hydrogen (secondary N) is 2. The molecule has 7 nitrogen and oxygen atoms in total. The summed E-state index contributed by atoms with van der Waals surface area (Å²) in [5, 5.41) is 22.3. The molecule has 18 heavy (non-hydrogen) atoms. The van der Waals surface area contributed by atoms with Crippen molar-refractivity contribution in [3.63, 3.8) is 0 Å². The molecule has 0 radical (unpaired) electrons. The number of likely N-dealkylation sites (N-methyl/N-ethyl adjacent to an activating group) is 1. The van der Waals surface area contributed by atoms with Gasteiger partial charge in [-0.2, -0.15) is 0 Å². The summed E-state index contributed by atoms with van der Waals surface area (Å²) in [6, 6.07) is -1.49. The molecule has 2 amide bonds. The van der Waals surface area contributed by atoms with Crippen LogP contribution in [0.25, 0.3) is 0 Å². The highest BCUT2D eigenvalue weighted by atomic mass is 16.4. The van der Waals surface area contributed by atoms with Crippen molar-refractivity contribution in [3.05, 3.63) is 0 Å². The lowest BCUT2D eigenvalue weighted by molar-refractivity contribution is -0.140. The van der Waals surface area contributed by atoms with Crippen LogP contribution in [0.5, 0.6) is 0 Å². The fourth-order valence-corrected chi connectivity index (χ4v) is 2.15. The van der Waals surface area contributed by atoms with Crippen LogP contribution in [0.3, 0.4) is 0 Å². The van der Waals surface area contributed by atoms with E-state index in [9.17, 15) is 9.59 Å². The number of amides is 2. The number of carbonyl (C=O) groups is 2. The molecule has 0 aromatic carbocycles. The molecule has 2 atom stereocenters. The van der Waals surface area contributed by atoms with Crippen molar-refractivity contribution < 1.29 is 19.8 Å². The smallest absolute Gasteiger partial charge is 0.328 e. The summed E-state index contributed by atoms with van der Waals surface area (Å²) in [5.74, 6) is -1.25. The molecule has 1 rings (SSSR count). The maximum Gasteiger partial charge on any atom is 0.328 e. The number of likely N-dealkylation sites (tertiary alicyclic amines) is 1. The first kappa shape index (κ1) is 14.7. The molecular formula is C11H21N3O4. The lowest BCUT2D eigenvalue weighted by Gasteiger charge is -2.23. The minimum absolute atomic E-state index is 0.318. The van der Waals surface area contributed by atoms with E-state index in [1.54, 1.807) is 0 Å². The highest BCUT2D eigenvalue weighted by Gasteiger charge is 2.24. The van der Waals surface area contributed by atoms with Crippen LogP contribution in [0.15, 0.2) is 0 Å². The van der Waals surface area contributed by atoms with Crippen LogP contribution in [0.2, 0.25) is 0 Å². The van der Waals surface area contributed by atoms with Crippen LogP contribution in [0.4, 0.5) is 4.79 Å². The first-order valence-electron chi connectivity index (χ1n) is 6.20. The monoisotopic (exact) mass is 259 g/mol. The number of carbonyl (C=O) groups excluding carboxylic acids is 1. The second kappa shape index (κ2) is 7.17. The van der Waals surface area contributed by atoms with Crippen molar-refractivity contribution in [3.8, 4) is 0 Å². The molecule has 0 aliphatic carbocycles. The molecule has 0 saturated carbocycles. The molecule has 104 valence electrons. The molecule has 1 unspecified atom stereocenters. The van der Waals surface area contributed by atoms with Crippen LogP contribution >= 0.6 is 0 Å². The lowest BCUT2D eigenvalue weighted by Crippen LogP contribution is -2.50. The number of carboxylic acids is 1. The van der Waals surface area contributed by atoms with E-state index in [1.165, 1.54) is 0 Å². The predicted octanol–water partition coefficient (Wildman–Crippen LogP) is -0.785. The molecule has 1 saturated heterocycles. The van der Waals surface area contributed by atoms with Crippen LogP contribution < -0.4 is 10.6 Å². The van der Waals surface area contributed by atoms with E-state index < -0.39 is 24.6 Å². The first-order valence-corrected chi connectivity index (χ1v) is 6.20. The Morgan fingerprint density at radius 2 is 2.22 bits per heavy atom. The highest BCUT2D eigenvalue weighted by molar-refractivity contribution is 5.82. The van der Waals surface area contributed by atoms with Gasteiger partial charge < -0.3 is 20.8 Å². The largest absolute Gasteiger partial charge is 0.480 e. The van der Waals surface area contributed by atoms with E-state index in [1.807, 2.05) is 0 Å². The minimum atomic E-state index is -1.25. The Morgan fingerprint density at radius 3 is 2.78 bits per heavy atom. The van der Waals surface area contributed by atoms with Crippen LogP contribution in [-0.4, -0.2) is 65.4 Å². The van der Waals surface area contributed by atoms with Crippen LogP contribution in [0, 0.1) is 0 Å². The molecule has 1 heterocycles. The fraction of sp³-hybridized carbons (Fsp3) is 0.818. The van der Waals surface area contributed by atoms with Crippen molar-refractivity contribution in [1.82, 2.24) is 15.5 Å². The number of carboxylic acid groups (broad SMARTS) is 1. The van der Waals surface area contributed by atoms with E-state index in [4.69, 9.17) is 10.2 Å². The van der Waals surface area contributed by atoms with Crippen molar-refractivity contribution >= 4 is 12.0 Å². The van der Waals surface area contributed by atoms with Gasteiger partial charge >= 0.3 is 12.0 Å². The summed E-state index contributed by atoms with van der Waals surface area (Å²) < 4.78 is 0. The summed E-state index contributed by atoms with van der Waals surface area (Å²) >= 11 is 0. The average Bonchev–Trinajstić information content (AvgIpc) is 2.80. The number of hydrogen-bond donors (Lipinski definition) is 4. The van der Waals surface area contributed by atoms with E-state index >= 15 is 0 Å². The van der Waals surface area contributed by atoms with Gasteiger partial charge in [0.05, 0.1) is 6.61 Å². The Bertz CT molecular complexity index is 298. The first-order chi connectivity index (χ1) is 8.58. The number of rotatable bonds is 6. The molecule has 7 heteroatoms. The summed E-state index contributed by atoms with van der Waals surface area (Å²) in [6.07, 6.45) is 2.16. The molecule has 1 aliphatic heterocycles. The van der Waals surface area contributed by atoms with Gasteiger partial charge in [0.15, 0.2) is 6.04 Å². The second-order valence-corrected chi connectivity index (χ2v) is 4.35. The topological polar surface area (TPSA) is 102 Å². The number of hydrogen-bond acceptors (Lipinski definition) is 4. The normalized spacial score (nSPS) is 21.6. The Hall–Kier alpha value is -1.34. The Kier molecular flexibility index (Phi) is 5.87. The number of aliphatic hydroxyl groups excluding tert-OH is 1. The van der Waals surface area contributed by atoms with Crippen LogP contribution in [0.1, 0.15) is 19.8 Å². The summed E-state index contributed by atoms with van der Waals surface area (Å²) in [7, 11) is 0. The Labute approximate surface area is 106 Å². The molecule has 0 bridgehead atoms. The van der Waals surface area contributed by atoms with Gasteiger partial charge in [0.2, 0.25) is 0 Å². The summed E-state index contributed by atoms with van der Waals surface area (Å²) in [6.45, 7) is 3.94. The molecule has 0 aromatic rings. The zero-order valence-corrected chi connectivity index (χ0v) is 10.6. The maximum atomic E-state index is 11.5. The van der Waals surface area contributed by atoms with Gasteiger partial charge in [-0.1, -0.05) is 6.92 Å². The minimum Gasteiger partial charge on any atom is -0.480 e. The van der Waals surface area contributed by atoms with Gasteiger partial charge in [0.1, 0.15) is 0 Å². The number of aliphatic carboxylic acids is 1. The maximum absolute atomic E-state index is 11.5. The molecule has 1 aliphatic rings. The molecular weight excluding hydrogens is 238 g/mol. The zero-order valence-electron chi connectivity index (χ0n) is 10.6. The molecule has 4 N–H and O–H groups in total. The number of nitrogens with zero attached hydrogens (tertiary/aromatic N) is 1. The third kappa shape index (κ3) is 4.15. The second-order valence-electron chi connectivity index (χ2n) is 4.35. The van der Waals surface area contributed by atoms with E-state index in [-0.39, 0.29) is 0 Å². The predicted molar refractivity (Wildman–Crippen MR) is 65.3 cm³/mol. The van der Waals surface area contributed by atoms with E-state index in [2.05, 4.69) is 22.5 Å². The summed E-state index contributed by atoms with van der Waals surface area (Å²) in [5.41, 5.74) is 0. The standard InChI is InChI=1S/C11H21N3O4/c1-2-14-5-3-4-8(14)6-12-11(18)13-9(7-15)10(16)17/h8-9,15H,2-7H2,1H3,(H,16,17)(H2,12,13,18)/t8?,9-/m0/s1. The molecule has 0 spiro atoms. The highest BCUT2D eigenvalue weighted by Crippen LogP contribution is 2.15. The van der Waals surface area contributed by atoms with Crippen LogP contribution in [-0.2, 0) is 4.79 Å². The Balaban J connectivity index is 2.30. The van der Waals surface area contributed by atoms with Gasteiger partial charge in [-0.15, -0.1) is 0 Å². The van der Waals surface area contributed by atoms with E-state index in [0.717, 1.165) is 25.9 Å². The average molecular weight is 259 g/mol. The van der Waals surface area contributed by atoms with Crippen molar-refractivity contribution in [2.75, 3.05) is 26.2 Å². The SMILES string of the molecule is CCN1CCCC1CNC(=O)N[C@@H](CO)C(=O)O. The quantitative estimate of drug-likeness (QED) is 0.501. The van der Waals surface area contributed by atoms with Gasteiger partial charge in [0.25, 0.3) is 0 Å². The van der Waals surface area contributed by atoms with E-state index in [0.29, 0.717) is 12.6 Å². The Morgan fingerprint density at radius 1 is 1.50 bits per heavy atom. The van der Waals surface area contributed by atoms with Gasteiger partial charge in [-0.05, 0) is 25.9 Å². The van der Waals surface area contributed by atoms with Gasteiger partial charge in [-0.25, -0.2) is 9.59 Å². The third-order valence-electron chi connectivity index (χ3n) is 3.19. The summed E-state index contributed by atoms with van der Waals surface area (Å²) in [4.78, 5) is 24.3.